The SMILES string of the molecule is COc1c(Cl)cc(C(=CCCCC=O)c2cc(Cl)c(OC)c(C=O)c2)cc1C=O. The number of hydrogen-bond donors (Lipinski definition) is 0. The van der Waals surface area contributed by atoms with E-state index in [1.165, 1.54) is 14.2 Å². The Hall–Kier alpha value is -2.63. The first-order chi connectivity index (χ1) is 14.0. The zero-order valence-corrected chi connectivity index (χ0v) is 17.5. The van der Waals surface area contributed by atoms with E-state index in [1.807, 2.05) is 6.08 Å². The van der Waals surface area contributed by atoms with Crippen molar-refractivity contribution >= 4 is 47.6 Å². The lowest BCUT2D eigenvalue weighted by molar-refractivity contribution is -0.107. The largest absolute Gasteiger partial charge is 0.494 e. The van der Waals surface area contributed by atoms with E-state index in [0.29, 0.717) is 54.1 Å². The summed E-state index contributed by atoms with van der Waals surface area (Å²) in [6.45, 7) is 0. The van der Waals surface area contributed by atoms with Crippen LogP contribution in [0.15, 0.2) is 30.3 Å². The normalized spacial score (nSPS) is 10.2. The Labute approximate surface area is 179 Å². The van der Waals surface area contributed by atoms with Gasteiger partial charge in [0.25, 0.3) is 0 Å². The maximum absolute atomic E-state index is 11.5. The summed E-state index contributed by atoms with van der Waals surface area (Å²) in [6.07, 6.45) is 5.79. The van der Waals surface area contributed by atoms with Crippen molar-refractivity contribution in [2.45, 2.75) is 19.3 Å². The van der Waals surface area contributed by atoms with E-state index < -0.39 is 0 Å². The fraction of sp³-hybridized carbons (Fsp3) is 0.227. The lowest BCUT2D eigenvalue weighted by atomic mass is 9.93. The van der Waals surface area contributed by atoms with E-state index in [2.05, 4.69) is 0 Å². The van der Waals surface area contributed by atoms with Crippen LogP contribution in [0.1, 0.15) is 51.1 Å². The highest BCUT2D eigenvalue weighted by molar-refractivity contribution is 6.33. The van der Waals surface area contributed by atoms with Gasteiger partial charge >= 0.3 is 0 Å². The number of unbranched alkanes of at least 4 members (excludes halogenated alkanes) is 2. The molecule has 2 aromatic carbocycles. The molecule has 0 aliphatic carbocycles. The molecular formula is C22H20Cl2O5. The van der Waals surface area contributed by atoms with Gasteiger partial charge in [-0.05, 0) is 53.8 Å². The average Bonchev–Trinajstić information content (AvgIpc) is 2.72. The maximum Gasteiger partial charge on any atom is 0.153 e. The third kappa shape index (κ3) is 5.25. The van der Waals surface area contributed by atoms with E-state index >= 15 is 0 Å². The van der Waals surface area contributed by atoms with Crippen LogP contribution in [-0.2, 0) is 4.79 Å². The van der Waals surface area contributed by atoms with Crippen LogP contribution in [0.25, 0.3) is 5.57 Å². The molecule has 152 valence electrons. The van der Waals surface area contributed by atoms with Gasteiger partial charge < -0.3 is 14.3 Å². The van der Waals surface area contributed by atoms with E-state index in [9.17, 15) is 14.4 Å². The minimum Gasteiger partial charge on any atom is -0.494 e. The lowest BCUT2D eigenvalue weighted by Gasteiger charge is -2.15. The lowest BCUT2D eigenvalue weighted by Crippen LogP contribution is -1.98. The monoisotopic (exact) mass is 434 g/mol. The molecule has 0 aliphatic heterocycles. The van der Waals surface area contributed by atoms with Crippen LogP contribution in [0.3, 0.4) is 0 Å². The van der Waals surface area contributed by atoms with Gasteiger partial charge in [0, 0.05) is 6.42 Å². The average molecular weight is 435 g/mol. The number of halogens is 2. The third-order valence-electron chi connectivity index (χ3n) is 4.30. The Morgan fingerprint density at radius 2 is 1.31 bits per heavy atom. The topological polar surface area (TPSA) is 69.7 Å². The highest BCUT2D eigenvalue weighted by Gasteiger charge is 2.17. The van der Waals surface area contributed by atoms with Gasteiger partial charge in [-0.25, -0.2) is 0 Å². The zero-order valence-electron chi connectivity index (χ0n) is 16.0. The van der Waals surface area contributed by atoms with Crippen molar-refractivity contribution in [2.75, 3.05) is 14.2 Å². The number of carbonyl (C=O) groups is 3. The Balaban J connectivity index is 2.67. The minimum atomic E-state index is 0.279. The molecule has 0 saturated heterocycles. The molecule has 0 radical (unpaired) electrons. The number of methoxy groups -OCH3 is 2. The van der Waals surface area contributed by atoms with Crippen molar-refractivity contribution in [1.29, 1.82) is 0 Å². The van der Waals surface area contributed by atoms with Gasteiger partial charge in [-0.3, -0.25) is 9.59 Å². The van der Waals surface area contributed by atoms with Crippen LogP contribution < -0.4 is 9.47 Å². The highest BCUT2D eigenvalue weighted by Crippen LogP contribution is 2.37. The Bertz CT molecular complexity index is 883. The van der Waals surface area contributed by atoms with Crippen molar-refractivity contribution in [2.24, 2.45) is 0 Å². The molecule has 0 amide bonds. The molecule has 0 unspecified atom stereocenters. The van der Waals surface area contributed by atoms with Gasteiger partial charge in [-0.2, -0.15) is 0 Å². The highest BCUT2D eigenvalue weighted by atomic mass is 35.5. The molecular weight excluding hydrogens is 415 g/mol. The molecule has 0 saturated carbocycles. The Kier molecular flexibility index (Phi) is 8.43. The number of allylic oxidation sites excluding steroid dienone is 1. The minimum absolute atomic E-state index is 0.279. The quantitative estimate of drug-likeness (QED) is 0.367. The summed E-state index contributed by atoms with van der Waals surface area (Å²) in [4.78, 5) is 33.6. The number of carbonyl (C=O) groups excluding carboxylic acids is 3. The van der Waals surface area contributed by atoms with Crippen molar-refractivity contribution in [3.8, 4) is 11.5 Å². The molecule has 5 nitrogen and oxygen atoms in total. The van der Waals surface area contributed by atoms with Crippen LogP contribution in [0.4, 0.5) is 0 Å². The van der Waals surface area contributed by atoms with Gasteiger partial charge in [0.1, 0.15) is 17.8 Å². The molecule has 0 bridgehead atoms. The molecule has 0 N–H and O–H groups in total. The molecule has 0 aliphatic rings. The fourth-order valence-corrected chi connectivity index (χ4v) is 3.60. The van der Waals surface area contributed by atoms with Crippen molar-refractivity contribution in [3.63, 3.8) is 0 Å². The standard InChI is InChI=1S/C22H20Cl2O5/c1-28-21-16(12-26)8-14(10-19(21)23)18(6-4-3-5-7-25)15-9-17(13-27)22(29-2)20(24)11-15/h6-13H,3-5H2,1-2H3. The molecule has 0 fully saturated rings. The summed E-state index contributed by atoms with van der Waals surface area (Å²) in [5.41, 5.74) is 2.62. The Morgan fingerprint density at radius 3 is 1.69 bits per heavy atom. The van der Waals surface area contributed by atoms with Gasteiger partial charge in [0.05, 0.1) is 35.4 Å². The molecule has 0 heterocycles. The first-order valence-corrected chi connectivity index (χ1v) is 9.56. The van der Waals surface area contributed by atoms with Crippen LogP contribution in [-0.4, -0.2) is 33.1 Å². The van der Waals surface area contributed by atoms with E-state index in [1.54, 1.807) is 24.3 Å². The predicted octanol–water partition coefficient (Wildman–Crippen LogP) is 5.44. The molecule has 0 spiro atoms. The molecule has 0 aromatic heterocycles. The van der Waals surface area contributed by atoms with Gasteiger partial charge in [0.15, 0.2) is 12.6 Å². The second kappa shape index (κ2) is 10.8. The van der Waals surface area contributed by atoms with Gasteiger partial charge in [-0.1, -0.05) is 29.3 Å². The summed E-state index contributed by atoms with van der Waals surface area (Å²) in [7, 11) is 2.87. The number of benzene rings is 2. The second-order valence-corrected chi connectivity index (χ2v) is 6.93. The number of hydrogen-bond acceptors (Lipinski definition) is 5. The summed E-state index contributed by atoms with van der Waals surface area (Å²) in [5, 5.41) is 0.558. The summed E-state index contributed by atoms with van der Waals surface area (Å²) in [5.74, 6) is 0.569. The van der Waals surface area contributed by atoms with Crippen LogP contribution in [0.5, 0.6) is 11.5 Å². The van der Waals surface area contributed by atoms with Crippen LogP contribution in [0.2, 0.25) is 10.0 Å². The van der Waals surface area contributed by atoms with Crippen LogP contribution in [0, 0.1) is 0 Å². The zero-order chi connectivity index (χ0) is 21.4. The van der Waals surface area contributed by atoms with E-state index in [4.69, 9.17) is 32.7 Å². The van der Waals surface area contributed by atoms with Crippen molar-refractivity contribution in [1.82, 2.24) is 0 Å². The molecule has 2 rings (SSSR count). The summed E-state index contributed by atoms with van der Waals surface area (Å²) >= 11 is 12.6. The van der Waals surface area contributed by atoms with Gasteiger partial charge in [0.2, 0.25) is 0 Å². The molecule has 2 aromatic rings. The third-order valence-corrected chi connectivity index (χ3v) is 4.86. The van der Waals surface area contributed by atoms with E-state index in [0.717, 1.165) is 11.9 Å². The second-order valence-electron chi connectivity index (χ2n) is 6.11. The first-order valence-electron chi connectivity index (χ1n) is 8.80. The van der Waals surface area contributed by atoms with Crippen LogP contribution >= 0.6 is 23.2 Å². The van der Waals surface area contributed by atoms with Gasteiger partial charge in [-0.15, -0.1) is 0 Å². The summed E-state index contributed by atoms with van der Waals surface area (Å²) < 4.78 is 10.4. The molecule has 29 heavy (non-hydrogen) atoms. The first kappa shape index (κ1) is 22.7. The number of ether oxygens (including phenoxy) is 2. The van der Waals surface area contributed by atoms with E-state index in [-0.39, 0.29) is 21.5 Å². The smallest absolute Gasteiger partial charge is 0.153 e. The molecule has 0 atom stereocenters. The fourth-order valence-electron chi connectivity index (χ4n) is 3.00. The van der Waals surface area contributed by atoms with Crippen molar-refractivity contribution in [3.05, 3.63) is 62.6 Å². The number of aldehydes is 3. The summed E-state index contributed by atoms with van der Waals surface area (Å²) in [6, 6.07) is 6.67. The maximum atomic E-state index is 11.5. The number of rotatable bonds is 10. The molecule has 7 heteroatoms. The Morgan fingerprint density at radius 1 is 0.828 bits per heavy atom. The van der Waals surface area contributed by atoms with Crippen molar-refractivity contribution < 1.29 is 23.9 Å². The predicted molar refractivity (Wildman–Crippen MR) is 114 cm³/mol.